The molecule has 3 aromatic rings. The highest BCUT2D eigenvalue weighted by Gasteiger charge is 2.15. The van der Waals surface area contributed by atoms with Crippen LogP contribution in [-0.2, 0) is 5.88 Å². The van der Waals surface area contributed by atoms with E-state index in [9.17, 15) is 0 Å². The van der Waals surface area contributed by atoms with E-state index in [1.54, 1.807) is 0 Å². The average Bonchev–Trinajstić information content (AvgIpc) is 2.82. The lowest BCUT2D eigenvalue weighted by molar-refractivity contribution is 0.972. The third kappa shape index (κ3) is 2.08. The quantitative estimate of drug-likeness (QED) is 0.578. The number of hydrogen-bond acceptors (Lipinski definition) is 1. The minimum atomic E-state index is 0.303. The summed E-state index contributed by atoms with van der Waals surface area (Å²) in [5, 5.41) is 1.33. The Morgan fingerprint density at radius 1 is 1.05 bits per heavy atom. The van der Waals surface area contributed by atoms with Crippen molar-refractivity contribution in [3.05, 3.63) is 57.8 Å². The standard InChI is InChI=1S/C15H11Cl3N2/c1-9-10(17)4-2-6-12(9)20-13-7-3-5-11(18)15(13)19-14(20)8-16/h2-7H,8H2,1H3. The molecule has 0 spiro atoms. The molecule has 3 rings (SSSR count). The first-order chi connectivity index (χ1) is 9.63. The molecule has 0 fully saturated rings. The second-order valence-corrected chi connectivity index (χ2v) is 5.57. The van der Waals surface area contributed by atoms with Crippen molar-refractivity contribution in [2.45, 2.75) is 12.8 Å². The molecule has 0 saturated heterocycles. The summed E-state index contributed by atoms with van der Waals surface area (Å²) >= 11 is 18.5. The van der Waals surface area contributed by atoms with E-state index in [1.807, 2.05) is 47.9 Å². The number of imidazole rings is 1. The molecular formula is C15H11Cl3N2. The van der Waals surface area contributed by atoms with Gasteiger partial charge in [-0.2, -0.15) is 0 Å². The predicted molar refractivity (Wildman–Crippen MR) is 85.4 cm³/mol. The van der Waals surface area contributed by atoms with Crippen molar-refractivity contribution in [1.82, 2.24) is 9.55 Å². The fraction of sp³-hybridized carbons (Fsp3) is 0.133. The van der Waals surface area contributed by atoms with Crippen molar-refractivity contribution >= 4 is 45.8 Å². The van der Waals surface area contributed by atoms with E-state index in [0.717, 1.165) is 28.1 Å². The van der Waals surface area contributed by atoms with Crippen LogP contribution in [0.2, 0.25) is 10.0 Å². The Balaban J connectivity index is 2.41. The van der Waals surface area contributed by atoms with Crippen LogP contribution in [0.5, 0.6) is 0 Å². The topological polar surface area (TPSA) is 17.8 Å². The van der Waals surface area contributed by atoms with Crippen LogP contribution in [0.1, 0.15) is 11.4 Å². The van der Waals surface area contributed by atoms with Crippen molar-refractivity contribution < 1.29 is 0 Å². The average molecular weight is 326 g/mol. The number of hydrogen-bond donors (Lipinski definition) is 0. The second-order valence-electron chi connectivity index (χ2n) is 4.49. The molecule has 0 saturated carbocycles. The molecule has 0 aliphatic carbocycles. The zero-order valence-corrected chi connectivity index (χ0v) is 13.0. The lowest BCUT2D eigenvalue weighted by atomic mass is 10.2. The summed E-state index contributed by atoms with van der Waals surface area (Å²) < 4.78 is 2.01. The van der Waals surface area contributed by atoms with E-state index in [4.69, 9.17) is 34.8 Å². The van der Waals surface area contributed by atoms with Crippen molar-refractivity contribution in [1.29, 1.82) is 0 Å². The smallest absolute Gasteiger partial charge is 0.129 e. The van der Waals surface area contributed by atoms with Crippen LogP contribution in [-0.4, -0.2) is 9.55 Å². The highest BCUT2D eigenvalue weighted by atomic mass is 35.5. The number of benzene rings is 2. The van der Waals surface area contributed by atoms with Crippen LogP contribution >= 0.6 is 34.8 Å². The SMILES string of the molecule is Cc1c(Cl)cccc1-n1c(CCl)nc2c(Cl)cccc21. The van der Waals surface area contributed by atoms with Gasteiger partial charge in [0.15, 0.2) is 0 Å². The van der Waals surface area contributed by atoms with E-state index >= 15 is 0 Å². The molecule has 102 valence electrons. The van der Waals surface area contributed by atoms with Crippen LogP contribution in [0.4, 0.5) is 0 Å². The molecule has 0 atom stereocenters. The van der Waals surface area contributed by atoms with E-state index in [2.05, 4.69) is 4.98 Å². The summed E-state index contributed by atoms with van der Waals surface area (Å²) in [5.41, 5.74) is 3.64. The molecule has 5 heteroatoms. The minimum Gasteiger partial charge on any atom is -0.295 e. The van der Waals surface area contributed by atoms with Crippen LogP contribution < -0.4 is 0 Å². The van der Waals surface area contributed by atoms with Gasteiger partial charge in [0.25, 0.3) is 0 Å². The Morgan fingerprint density at radius 2 is 1.75 bits per heavy atom. The molecular weight excluding hydrogens is 315 g/mol. The fourth-order valence-electron chi connectivity index (χ4n) is 2.31. The lowest BCUT2D eigenvalue weighted by Crippen LogP contribution is -2.01. The third-order valence-corrected chi connectivity index (χ3v) is 4.26. The summed E-state index contributed by atoms with van der Waals surface area (Å²) in [5.74, 6) is 1.05. The van der Waals surface area contributed by atoms with Gasteiger partial charge in [0.1, 0.15) is 11.3 Å². The largest absolute Gasteiger partial charge is 0.295 e. The van der Waals surface area contributed by atoms with Gasteiger partial charge in [-0.05, 0) is 36.8 Å². The Bertz CT molecular complexity index is 793. The zero-order chi connectivity index (χ0) is 14.3. The molecule has 0 unspecified atom stereocenters. The van der Waals surface area contributed by atoms with Gasteiger partial charge in [-0.25, -0.2) is 4.98 Å². The van der Waals surface area contributed by atoms with Gasteiger partial charge >= 0.3 is 0 Å². The van der Waals surface area contributed by atoms with Crippen LogP contribution in [0.15, 0.2) is 36.4 Å². The molecule has 0 bridgehead atoms. The second kappa shape index (κ2) is 5.28. The molecule has 20 heavy (non-hydrogen) atoms. The molecule has 0 amide bonds. The Kier molecular flexibility index (Phi) is 3.63. The van der Waals surface area contributed by atoms with Crippen molar-refractivity contribution in [2.24, 2.45) is 0 Å². The number of halogens is 3. The van der Waals surface area contributed by atoms with Gasteiger partial charge in [0.2, 0.25) is 0 Å². The normalized spacial score (nSPS) is 11.2. The van der Waals surface area contributed by atoms with E-state index in [0.29, 0.717) is 15.9 Å². The summed E-state index contributed by atoms with van der Waals surface area (Å²) in [6, 6.07) is 11.5. The monoisotopic (exact) mass is 324 g/mol. The lowest BCUT2D eigenvalue weighted by Gasteiger charge is -2.12. The molecule has 0 N–H and O–H groups in total. The van der Waals surface area contributed by atoms with E-state index < -0.39 is 0 Å². The van der Waals surface area contributed by atoms with Crippen molar-refractivity contribution in [3.8, 4) is 5.69 Å². The van der Waals surface area contributed by atoms with Crippen molar-refractivity contribution in [2.75, 3.05) is 0 Å². The maximum atomic E-state index is 6.22. The first-order valence-corrected chi connectivity index (χ1v) is 7.40. The van der Waals surface area contributed by atoms with Crippen LogP contribution in [0.25, 0.3) is 16.7 Å². The molecule has 2 nitrogen and oxygen atoms in total. The number of para-hydroxylation sites is 1. The zero-order valence-electron chi connectivity index (χ0n) is 10.7. The maximum Gasteiger partial charge on any atom is 0.129 e. The third-order valence-electron chi connectivity index (χ3n) is 3.30. The van der Waals surface area contributed by atoms with Gasteiger partial charge in [0, 0.05) is 5.02 Å². The molecule has 0 radical (unpaired) electrons. The Morgan fingerprint density at radius 3 is 2.50 bits per heavy atom. The van der Waals surface area contributed by atoms with Gasteiger partial charge in [-0.15, -0.1) is 11.6 Å². The summed E-state index contributed by atoms with van der Waals surface area (Å²) in [4.78, 5) is 4.53. The first kappa shape index (κ1) is 13.7. The number of fused-ring (bicyclic) bond motifs is 1. The summed E-state index contributed by atoms with van der Waals surface area (Å²) in [6.07, 6.45) is 0. The number of aromatic nitrogens is 2. The fourth-order valence-corrected chi connectivity index (χ4v) is 2.87. The van der Waals surface area contributed by atoms with Crippen molar-refractivity contribution in [3.63, 3.8) is 0 Å². The highest BCUT2D eigenvalue weighted by Crippen LogP contribution is 2.30. The first-order valence-electron chi connectivity index (χ1n) is 6.10. The van der Waals surface area contributed by atoms with Gasteiger partial charge in [0.05, 0.1) is 22.1 Å². The molecule has 1 heterocycles. The summed E-state index contributed by atoms with van der Waals surface area (Å²) in [6.45, 7) is 1.98. The van der Waals surface area contributed by atoms with Gasteiger partial charge in [-0.1, -0.05) is 35.3 Å². The predicted octanol–water partition coefficient (Wildman–Crippen LogP) is 5.38. The highest BCUT2D eigenvalue weighted by molar-refractivity contribution is 6.35. The van der Waals surface area contributed by atoms with Crippen LogP contribution in [0.3, 0.4) is 0 Å². The summed E-state index contributed by atoms with van der Waals surface area (Å²) in [7, 11) is 0. The van der Waals surface area contributed by atoms with Crippen LogP contribution in [0, 0.1) is 6.92 Å². The van der Waals surface area contributed by atoms with E-state index in [-0.39, 0.29) is 0 Å². The number of rotatable bonds is 2. The maximum absolute atomic E-state index is 6.22. The van der Waals surface area contributed by atoms with E-state index in [1.165, 1.54) is 0 Å². The molecule has 0 aliphatic heterocycles. The Labute approximate surface area is 131 Å². The number of nitrogens with zero attached hydrogens (tertiary/aromatic N) is 2. The molecule has 2 aromatic carbocycles. The minimum absolute atomic E-state index is 0.303. The molecule has 1 aromatic heterocycles. The van der Waals surface area contributed by atoms with Gasteiger partial charge in [-0.3, -0.25) is 4.57 Å². The Hall–Kier alpha value is -1.22. The molecule has 0 aliphatic rings. The number of alkyl halides is 1. The van der Waals surface area contributed by atoms with Gasteiger partial charge < -0.3 is 0 Å².